The van der Waals surface area contributed by atoms with Crippen molar-refractivity contribution < 1.29 is 19.1 Å². The molecule has 0 aliphatic rings. The number of carbonyl (C=O) groups is 2. The molecule has 0 N–H and O–H groups in total. The third-order valence-corrected chi connectivity index (χ3v) is 3.47. The summed E-state index contributed by atoms with van der Waals surface area (Å²) in [6, 6.07) is 0. The lowest BCUT2D eigenvalue weighted by molar-refractivity contribution is -0.162. The zero-order chi connectivity index (χ0) is 15.9. The largest absolute Gasteiger partial charge is 0.462 e. The van der Waals surface area contributed by atoms with Gasteiger partial charge in [-0.05, 0) is 32.1 Å². The number of esters is 2. The van der Waals surface area contributed by atoms with E-state index in [2.05, 4.69) is 20.4 Å². The summed E-state index contributed by atoms with van der Waals surface area (Å²) in [4.78, 5) is 23.4. The van der Waals surface area contributed by atoms with Crippen molar-refractivity contribution in [2.45, 2.75) is 48.0 Å². The number of ether oxygens (including phenoxy) is 2. The van der Waals surface area contributed by atoms with Crippen molar-refractivity contribution in [2.75, 3.05) is 13.2 Å². The number of hydrogen-bond acceptors (Lipinski definition) is 4. The molecule has 0 fully saturated rings. The predicted octanol–water partition coefficient (Wildman–Crippen LogP) is 3.36. The van der Waals surface area contributed by atoms with Crippen molar-refractivity contribution in [1.82, 2.24) is 0 Å². The molecule has 0 saturated heterocycles. The quantitative estimate of drug-likeness (QED) is 0.389. The monoisotopic (exact) mass is 284 g/mol. The third-order valence-electron chi connectivity index (χ3n) is 3.47. The van der Waals surface area contributed by atoms with E-state index in [-0.39, 0.29) is 25.1 Å². The first-order valence-electron chi connectivity index (χ1n) is 7.11. The Labute approximate surface area is 122 Å². The molecule has 0 aromatic rings. The van der Waals surface area contributed by atoms with Crippen molar-refractivity contribution in [3.8, 4) is 0 Å². The van der Waals surface area contributed by atoms with Crippen LogP contribution in [0.15, 0.2) is 12.2 Å². The van der Waals surface area contributed by atoms with Crippen LogP contribution >= 0.6 is 0 Å². The molecule has 0 heterocycles. The molecule has 0 saturated carbocycles. The van der Waals surface area contributed by atoms with Gasteiger partial charge >= 0.3 is 11.9 Å². The van der Waals surface area contributed by atoms with Gasteiger partial charge < -0.3 is 9.47 Å². The maximum Gasteiger partial charge on any atom is 0.333 e. The van der Waals surface area contributed by atoms with E-state index in [9.17, 15) is 9.59 Å². The Morgan fingerprint density at radius 2 is 1.60 bits per heavy atom. The van der Waals surface area contributed by atoms with Crippen LogP contribution in [0.2, 0.25) is 0 Å². The molecule has 4 heteroatoms. The molecule has 0 aliphatic heterocycles. The van der Waals surface area contributed by atoms with Gasteiger partial charge in [-0.25, -0.2) is 4.79 Å². The smallest absolute Gasteiger partial charge is 0.333 e. The molecule has 0 spiro atoms. The molecule has 0 amide bonds. The van der Waals surface area contributed by atoms with Crippen LogP contribution in [-0.4, -0.2) is 25.2 Å². The molecule has 4 nitrogen and oxygen atoms in total. The summed E-state index contributed by atoms with van der Waals surface area (Å²) in [7, 11) is 0. The standard InChI is InChI=1S/C16H28O4/c1-11(2)10-16(7,13(5)6)15(18)20-9-8-19-14(17)12(3)4/h11,13H,3,8-10H2,1-2,4-7H3. The molecule has 0 rings (SSSR count). The summed E-state index contributed by atoms with van der Waals surface area (Å²) in [5, 5.41) is 0. The summed E-state index contributed by atoms with van der Waals surface area (Å²) < 4.78 is 10.1. The van der Waals surface area contributed by atoms with Crippen molar-refractivity contribution in [2.24, 2.45) is 17.3 Å². The van der Waals surface area contributed by atoms with Crippen molar-refractivity contribution in [3.05, 3.63) is 12.2 Å². The maximum atomic E-state index is 12.2. The Hall–Kier alpha value is -1.32. The van der Waals surface area contributed by atoms with Gasteiger partial charge in [0, 0.05) is 5.57 Å². The first kappa shape index (κ1) is 18.7. The normalized spacial score (nSPS) is 14.0. The summed E-state index contributed by atoms with van der Waals surface area (Å²) in [6.07, 6.45) is 0.773. The van der Waals surface area contributed by atoms with Crippen LogP contribution in [0.1, 0.15) is 48.0 Å². The lowest BCUT2D eigenvalue weighted by Gasteiger charge is -2.32. The van der Waals surface area contributed by atoms with Crippen LogP contribution in [0, 0.1) is 17.3 Å². The van der Waals surface area contributed by atoms with Crippen molar-refractivity contribution in [3.63, 3.8) is 0 Å². The van der Waals surface area contributed by atoms with Crippen LogP contribution in [0.5, 0.6) is 0 Å². The van der Waals surface area contributed by atoms with Gasteiger partial charge in [-0.3, -0.25) is 4.79 Å². The molecule has 0 aliphatic carbocycles. The molecule has 1 unspecified atom stereocenters. The minimum Gasteiger partial charge on any atom is -0.462 e. The van der Waals surface area contributed by atoms with Gasteiger partial charge in [-0.2, -0.15) is 0 Å². The number of carbonyl (C=O) groups excluding carboxylic acids is 2. The fraction of sp³-hybridized carbons (Fsp3) is 0.750. The first-order chi connectivity index (χ1) is 9.11. The highest BCUT2D eigenvalue weighted by atomic mass is 16.6. The van der Waals surface area contributed by atoms with E-state index in [4.69, 9.17) is 9.47 Å². The minimum atomic E-state index is -0.507. The number of hydrogen-bond donors (Lipinski definition) is 0. The lowest BCUT2D eigenvalue weighted by atomic mass is 9.73. The van der Waals surface area contributed by atoms with E-state index >= 15 is 0 Å². The second-order valence-corrected chi connectivity index (χ2v) is 6.22. The third kappa shape index (κ3) is 5.76. The summed E-state index contributed by atoms with van der Waals surface area (Å²) in [6.45, 7) is 15.3. The molecular weight excluding hydrogens is 256 g/mol. The number of rotatable bonds is 8. The molecule has 116 valence electrons. The van der Waals surface area contributed by atoms with Crippen LogP contribution < -0.4 is 0 Å². The maximum absolute atomic E-state index is 12.2. The summed E-state index contributed by atoms with van der Waals surface area (Å²) in [5.74, 6) is -0.0889. The van der Waals surface area contributed by atoms with E-state index in [1.165, 1.54) is 0 Å². The van der Waals surface area contributed by atoms with E-state index in [0.717, 1.165) is 6.42 Å². The predicted molar refractivity (Wildman–Crippen MR) is 79.1 cm³/mol. The van der Waals surface area contributed by atoms with Gasteiger partial charge in [0.15, 0.2) is 0 Å². The van der Waals surface area contributed by atoms with Gasteiger partial charge in [0.25, 0.3) is 0 Å². The Balaban J connectivity index is 4.35. The van der Waals surface area contributed by atoms with Gasteiger partial charge in [0.05, 0.1) is 5.41 Å². The molecule has 20 heavy (non-hydrogen) atoms. The average Bonchev–Trinajstić information content (AvgIpc) is 2.32. The van der Waals surface area contributed by atoms with Crippen LogP contribution in [0.25, 0.3) is 0 Å². The average molecular weight is 284 g/mol. The Bertz CT molecular complexity index is 357. The molecule has 0 radical (unpaired) electrons. The van der Waals surface area contributed by atoms with E-state index in [1.807, 2.05) is 20.8 Å². The van der Waals surface area contributed by atoms with Crippen molar-refractivity contribution >= 4 is 11.9 Å². The second kappa shape index (κ2) is 8.08. The van der Waals surface area contributed by atoms with Gasteiger partial charge in [0.1, 0.15) is 13.2 Å². The van der Waals surface area contributed by atoms with Crippen LogP contribution in [-0.2, 0) is 19.1 Å². The molecule has 0 aromatic carbocycles. The first-order valence-corrected chi connectivity index (χ1v) is 7.11. The van der Waals surface area contributed by atoms with E-state index in [1.54, 1.807) is 6.92 Å². The van der Waals surface area contributed by atoms with E-state index in [0.29, 0.717) is 11.5 Å². The minimum absolute atomic E-state index is 0.0628. The highest BCUT2D eigenvalue weighted by Gasteiger charge is 2.38. The Kier molecular flexibility index (Phi) is 7.54. The van der Waals surface area contributed by atoms with Crippen molar-refractivity contribution in [1.29, 1.82) is 0 Å². The molecule has 0 aromatic heterocycles. The van der Waals surface area contributed by atoms with Gasteiger partial charge in [-0.15, -0.1) is 0 Å². The fourth-order valence-electron chi connectivity index (χ4n) is 1.96. The van der Waals surface area contributed by atoms with E-state index < -0.39 is 11.4 Å². The zero-order valence-corrected chi connectivity index (χ0v) is 13.6. The highest BCUT2D eigenvalue weighted by Crippen LogP contribution is 2.35. The lowest BCUT2D eigenvalue weighted by Crippen LogP contribution is -2.37. The topological polar surface area (TPSA) is 52.6 Å². The Morgan fingerprint density at radius 3 is 2.00 bits per heavy atom. The van der Waals surface area contributed by atoms with Gasteiger partial charge in [0.2, 0.25) is 0 Å². The summed E-state index contributed by atoms with van der Waals surface area (Å²) in [5.41, 5.74) is -0.171. The SMILES string of the molecule is C=C(C)C(=O)OCCOC(=O)C(C)(CC(C)C)C(C)C. The van der Waals surface area contributed by atoms with Crippen LogP contribution in [0.3, 0.4) is 0 Å². The Morgan fingerprint density at radius 1 is 1.10 bits per heavy atom. The molecular formula is C16H28O4. The zero-order valence-electron chi connectivity index (χ0n) is 13.6. The molecule has 1 atom stereocenters. The van der Waals surface area contributed by atoms with Gasteiger partial charge in [-0.1, -0.05) is 34.3 Å². The summed E-state index contributed by atoms with van der Waals surface area (Å²) >= 11 is 0. The highest BCUT2D eigenvalue weighted by molar-refractivity contribution is 5.86. The second-order valence-electron chi connectivity index (χ2n) is 6.22. The fourth-order valence-corrected chi connectivity index (χ4v) is 1.96. The molecule has 0 bridgehead atoms. The van der Waals surface area contributed by atoms with Crippen LogP contribution in [0.4, 0.5) is 0 Å².